The highest BCUT2D eigenvalue weighted by Crippen LogP contribution is 2.30. The number of carboxylic acid groups (broad SMARTS) is 1. The fourth-order valence-corrected chi connectivity index (χ4v) is 3.48. The Balaban J connectivity index is 1.95. The second kappa shape index (κ2) is 7.28. The smallest absolute Gasteiger partial charge is 0.323 e. The molecule has 0 spiro atoms. The van der Waals surface area contributed by atoms with Crippen LogP contribution in [0.3, 0.4) is 0 Å². The molecule has 0 aliphatic carbocycles. The van der Waals surface area contributed by atoms with Crippen molar-refractivity contribution < 1.29 is 19.5 Å². The van der Waals surface area contributed by atoms with Crippen molar-refractivity contribution in [3.05, 3.63) is 35.4 Å². The first-order chi connectivity index (χ1) is 13.2. The molecule has 144 valence electrons. The van der Waals surface area contributed by atoms with E-state index in [4.69, 9.17) is 17.3 Å². The van der Waals surface area contributed by atoms with E-state index in [2.05, 4.69) is 10.6 Å². The zero-order chi connectivity index (χ0) is 20.6. The van der Waals surface area contributed by atoms with E-state index in [1.165, 1.54) is 0 Å². The Labute approximate surface area is 166 Å². The fraction of sp³-hybridized carbons (Fsp3) is 0.278. The highest BCUT2D eigenvalue weighted by Gasteiger charge is 2.47. The van der Waals surface area contributed by atoms with E-state index in [0.29, 0.717) is 5.56 Å². The number of thiocarbonyl (C=S) groups is 1. The number of anilines is 1. The van der Waals surface area contributed by atoms with Crippen molar-refractivity contribution in [2.45, 2.75) is 12.1 Å². The van der Waals surface area contributed by atoms with Crippen LogP contribution in [0.4, 0.5) is 5.69 Å². The maximum absolute atomic E-state index is 12.6. The van der Waals surface area contributed by atoms with Gasteiger partial charge in [0.2, 0.25) is 0 Å². The minimum Gasteiger partial charge on any atom is -0.480 e. The number of carboxylic acids is 1. The standard InChI is InChI=1S/C18H17N5O4S/c1-22(2)10-5-3-9(4-6-10)13-11(7-19)14(20-16(13)26)15-17(27)23(8-12(24)25)18(28)21-15/h3-6,14-15H,8H2,1-2H3,(H,20,26)(H,21,28)(H,24,25). The molecule has 1 aromatic rings. The molecule has 0 aromatic heterocycles. The van der Waals surface area contributed by atoms with Crippen molar-refractivity contribution in [3.63, 3.8) is 0 Å². The van der Waals surface area contributed by atoms with Gasteiger partial charge in [-0.25, -0.2) is 0 Å². The molecule has 3 N–H and O–H groups in total. The van der Waals surface area contributed by atoms with Crippen LogP contribution < -0.4 is 15.5 Å². The Morgan fingerprint density at radius 1 is 1.25 bits per heavy atom. The number of rotatable bonds is 5. The Morgan fingerprint density at radius 3 is 2.43 bits per heavy atom. The van der Waals surface area contributed by atoms with Crippen LogP contribution in [0.25, 0.3) is 5.57 Å². The number of carbonyl (C=O) groups excluding carboxylic acids is 2. The molecule has 2 unspecified atom stereocenters. The summed E-state index contributed by atoms with van der Waals surface area (Å²) in [4.78, 5) is 38.9. The van der Waals surface area contributed by atoms with Gasteiger partial charge in [-0.05, 0) is 29.9 Å². The molecule has 1 saturated heterocycles. The number of aliphatic carboxylic acids is 1. The largest absolute Gasteiger partial charge is 0.480 e. The lowest BCUT2D eigenvalue weighted by Gasteiger charge is -2.17. The molecule has 2 amide bonds. The Hall–Kier alpha value is -3.45. The number of nitriles is 1. The van der Waals surface area contributed by atoms with Crippen molar-refractivity contribution in [2.24, 2.45) is 0 Å². The zero-order valence-corrected chi connectivity index (χ0v) is 15.9. The third-order valence-electron chi connectivity index (χ3n) is 4.57. The molecule has 0 radical (unpaired) electrons. The van der Waals surface area contributed by atoms with Crippen LogP contribution in [-0.2, 0) is 14.4 Å². The predicted molar refractivity (Wildman–Crippen MR) is 104 cm³/mol. The van der Waals surface area contributed by atoms with Crippen molar-refractivity contribution in [1.82, 2.24) is 15.5 Å². The van der Waals surface area contributed by atoms with Gasteiger partial charge in [0.15, 0.2) is 5.11 Å². The molecule has 1 fully saturated rings. The molecule has 0 bridgehead atoms. The molecule has 2 aliphatic heterocycles. The SMILES string of the molecule is CN(C)c1ccc(C2=C(C#N)C(C3NC(=S)N(CC(=O)O)C3=O)NC2=O)cc1. The van der Waals surface area contributed by atoms with Crippen LogP contribution in [-0.4, -0.2) is 65.6 Å². The highest BCUT2D eigenvalue weighted by atomic mass is 32.1. The molecule has 3 rings (SSSR count). The van der Waals surface area contributed by atoms with E-state index >= 15 is 0 Å². The molecule has 28 heavy (non-hydrogen) atoms. The van der Waals surface area contributed by atoms with Gasteiger partial charge >= 0.3 is 5.97 Å². The Bertz CT molecular complexity index is 948. The average Bonchev–Trinajstić information content (AvgIpc) is 3.12. The summed E-state index contributed by atoms with van der Waals surface area (Å²) in [5.74, 6) is -2.29. The summed E-state index contributed by atoms with van der Waals surface area (Å²) in [5, 5.41) is 23.9. The number of nitrogens with one attached hydrogen (secondary N) is 2. The number of nitrogens with zero attached hydrogens (tertiary/aromatic N) is 3. The van der Waals surface area contributed by atoms with Gasteiger partial charge in [0.1, 0.15) is 12.6 Å². The van der Waals surface area contributed by atoms with Gasteiger partial charge < -0.3 is 20.6 Å². The maximum atomic E-state index is 12.6. The van der Waals surface area contributed by atoms with E-state index in [0.717, 1.165) is 10.6 Å². The lowest BCUT2D eigenvalue weighted by Crippen LogP contribution is -2.48. The van der Waals surface area contributed by atoms with Crippen LogP contribution in [0.1, 0.15) is 5.56 Å². The van der Waals surface area contributed by atoms with Gasteiger partial charge in [-0.1, -0.05) is 12.1 Å². The summed E-state index contributed by atoms with van der Waals surface area (Å²) in [6.45, 7) is -0.591. The third-order valence-corrected chi connectivity index (χ3v) is 4.91. The van der Waals surface area contributed by atoms with Crippen LogP contribution in [0.2, 0.25) is 0 Å². The van der Waals surface area contributed by atoms with Gasteiger partial charge in [-0.3, -0.25) is 19.3 Å². The summed E-state index contributed by atoms with van der Waals surface area (Å²) < 4.78 is 0. The van der Waals surface area contributed by atoms with Gasteiger partial charge in [0, 0.05) is 19.8 Å². The molecule has 0 saturated carbocycles. The van der Waals surface area contributed by atoms with Gasteiger partial charge in [-0.15, -0.1) is 0 Å². The molecule has 2 atom stereocenters. The molecule has 1 aromatic carbocycles. The van der Waals surface area contributed by atoms with Crippen LogP contribution in [0.15, 0.2) is 29.8 Å². The number of amides is 2. The second-order valence-electron chi connectivity index (χ2n) is 6.54. The van der Waals surface area contributed by atoms with E-state index in [1.807, 2.05) is 37.2 Å². The predicted octanol–water partition coefficient (Wildman–Crippen LogP) is -0.302. The maximum Gasteiger partial charge on any atom is 0.323 e. The Morgan fingerprint density at radius 2 is 1.89 bits per heavy atom. The van der Waals surface area contributed by atoms with E-state index in [-0.39, 0.29) is 16.3 Å². The topological polar surface area (TPSA) is 126 Å². The van der Waals surface area contributed by atoms with E-state index < -0.39 is 36.4 Å². The monoisotopic (exact) mass is 399 g/mol. The summed E-state index contributed by atoms with van der Waals surface area (Å²) in [6.07, 6.45) is 0. The van der Waals surface area contributed by atoms with Crippen molar-refractivity contribution >= 4 is 46.4 Å². The quantitative estimate of drug-likeness (QED) is 0.576. The van der Waals surface area contributed by atoms with Gasteiger partial charge in [0.05, 0.1) is 23.3 Å². The number of hydrogen-bond acceptors (Lipinski definition) is 6. The number of benzene rings is 1. The first-order valence-electron chi connectivity index (χ1n) is 8.31. The summed E-state index contributed by atoms with van der Waals surface area (Å²) in [6, 6.07) is 7.14. The van der Waals surface area contributed by atoms with Crippen LogP contribution in [0, 0.1) is 11.3 Å². The van der Waals surface area contributed by atoms with Crippen molar-refractivity contribution in [3.8, 4) is 6.07 Å². The average molecular weight is 399 g/mol. The molecular formula is C18H17N5O4S. The normalized spacial score (nSPS) is 21.5. The van der Waals surface area contributed by atoms with Crippen molar-refractivity contribution in [2.75, 3.05) is 25.5 Å². The summed E-state index contributed by atoms with van der Waals surface area (Å²) >= 11 is 5.03. The molecule has 10 heteroatoms. The minimum absolute atomic E-state index is 0.0484. The lowest BCUT2D eigenvalue weighted by atomic mass is 9.95. The van der Waals surface area contributed by atoms with Crippen LogP contribution >= 0.6 is 12.2 Å². The Kier molecular flexibility index (Phi) is 5.02. The zero-order valence-electron chi connectivity index (χ0n) is 15.1. The summed E-state index contributed by atoms with van der Waals surface area (Å²) in [7, 11) is 3.77. The summed E-state index contributed by atoms with van der Waals surface area (Å²) in [5.41, 5.74) is 1.78. The van der Waals surface area contributed by atoms with Gasteiger partial charge in [0.25, 0.3) is 11.8 Å². The molecule has 9 nitrogen and oxygen atoms in total. The minimum atomic E-state index is -1.22. The van der Waals surface area contributed by atoms with Crippen molar-refractivity contribution in [1.29, 1.82) is 5.26 Å². The first kappa shape index (κ1) is 19.3. The molecule has 2 aliphatic rings. The van der Waals surface area contributed by atoms with E-state index in [9.17, 15) is 19.6 Å². The van der Waals surface area contributed by atoms with Crippen LogP contribution in [0.5, 0.6) is 0 Å². The second-order valence-corrected chi connectivity index (χ2v) is 6.92. The highest BCUT2D eigenvalue weighted by molar-refractivity contribution is 7.80. The number of hydrogen-bond donors (Lipinski definition) is 3. The first-order valence-corrected chi connectivity index (χ1v) is 8.72. The third kappa shape index (κ3) is 3.27. The molecule has 2 heterocycles. The van der Waals surface area contributed by atoms with E-state index in [1.54, 1.807) is 12.1 Å². The lowest BCUT2D eigenvalue weighted by molar-refractivity contribution is -0.141. The fourth-order valence-electron chi connectivity index (χ4n) is 3.20. The number of carbonyl (C=O) groups is 3. The molecular weight excluding hydrogens is 382 g/mol. The van der Waals surface area contributed by atoms with Gasteiger partial charge in [-0.2, -0.15) is 5.26 Å².